The monoisotopic (exact) mass is 212 g/mol. The molecule has 0 saturated heterocycles. The summed E-state index contributed by atoms with van der Waals surface area (Å²) in [6.45, 7) is 0.744. The number of aliphatic hydroxyl groups is 1. The van der Waals surface area contributed by atoms with Crippen LogP contribution in [0.2, 0.25) is 0 Å². The van der Waals surface area contributed by atoms with E-state index >= 15 is 0 Å². The van der Waals surface area contributed by atoms with Gasteiger partial charge in [-0.1, -0.05) is 0 Å². The van der Waals surface area contributed by atoms with Crippen LogP contribution >= 0.6 is 0 Å². The summed E-state index contributed by atoms with van der Waals surface area (Å²) < 4.78 is 10.1. The Morgan fingerprint density at radius 3 is 2.53 bits per heavy atom. The minimum absolute atomic E-state index is 0.197. The lowest BCUT2D eigenvalue weighted by Gasteiger charge is -2.11. The molecule has 0 aromatic heterocycles. The van der Waals surface area contributed by atoms with Crippen molar-refractivity contribution in [3.8, 4) is 11.5 Å². The second kappa shape index (κ2) is 6.27. The van der Waals surface area contributed by atoms with Crippen molar-refractivity contribution in [2.75, 3.05) is 20.3 Å². The number of phenols is 1. The van der Waals surface area contributed by atoms with Gasteiger partial charge in [-0.25, -0.2) is 0 Å². The Morgan fingerprint density at radius 2 is 1.93 bits per heavy atom. The molecule has 1 rings (SSSR count). The van der Waals surface area contributed by atoms with Gasteiger partial charge in [-0.3, -0.25) is 0 Å². The van der Waals surface area contributed by atoms with Gasteiger partial charge in [0.1, 0.15) is 18.1 Å². The highest BCUT2D eigenvalue weighted by Crippen LogP contribution is 2.16. The van der Waals surface area contributed by atoms with Crippen LogP contribution in [-0.2, 0) is 4.74 Å². The summed E-state index contributed by atoms with van der Waals surface area (Å²) in [6.07, 6.45) is 0.0212. The molecular formula is C11H16O4. The Hall–Kier alpha value is -1.26. The summed E-state index contributed by atoms with van der Waals surface area (Å²) in [4.78, 5) is 0. The summed E-state index contributed by atoms with van der Waals surface area (Å²) in [5.74, 6) is 0.826. The molecule has 0 radical (unpaired) electrons. The molecule has 1 aromatic carbocycles. The van der Waals surface area contributed by atoms with Crippen molar-refractivity contribution in [3.05, 3.63) is 24.3 Å². The van der Waals surface area contributed by atoms with Crippen molar-refractivity contribution in [1.82, 2.24) is 0 Å². The molecule has 4 heteroatoms. The smallest absolute Gasteiger partial charge is 0.119 e. The molecule has 0 fully saturated rings. The normalized spacial score (nSPS) is 12.4. The van der Waals surface area contributed by atoms with Gasteiger partial charge in [0.05, 0.1) is 6.10 Å². The lowest BCUT2D eigenvalue weighted by atomic mass is 10.3. The number of aliphatic hydroxyl groups excluding tert-OH is 1. The summed E-state index contributed by atoms with van der Waals surface area (Å²) in [5, 5.41) is 18.5. The van der Waals surface area contributed by atoms with Gasteiger partial charge in [-0.05, 0) is 30.7 Å². The number of hydrogen-bond donors (Lipinski definition) is 2. The van der Waals surface area contributed by atoms with Crippen LogP contribution in [0.1, 0.15) is 6.42 Å². The zero-order valence-corrected chi connectivity index (χ0v) is 8.72. The van der Waals surface area contributed by atoms with E-state index in [0.29, 0.717) is 18.8 Å². The van der Waals surface area contributed by atoms with E-state index in [1.165, 1.54) is 12.1 Å². The van der Waals surface area contributed by atoms with Crippen molar-refractivity contribution in [1.29, 1.82) is 0 Å². The van der Waals surface area contributed by atoms with Crippen molar-refractivity contribution in [3.63, 3.8) is 0 Å². The quantitative estimate of drug-likeness (QED) is 0.743. The Bertz CT molecular complexity index is 270. The Labute approximate surface area is 89.1 Å². The Kier molecular flexibility index (Phi) is 4.93. The minimum atomic E-state index is -0.529. The lowest BCUT2D eigenvalue weighted by molar-refractivity contribution is 0.0706. The van der Waals surface area contributed by atoms with E-state index in [9.17, 15) is 5.11 Å². The predicted octanol–water partition coefficient (Wildman–Crippen LogP) is 1.17. The number of phenolic OH excluding ortho intramolecular Hbond substituents is 1. The first kappa shape index (κ1) is 11.8. The largest absolute Gasteiger partial charge is 0.508 e. The molecule has 0 aliphatic rings. The molecule has 1 aromatic rings. The lowest BCUT2D eigenvalue weighted by Crippen LogP contribution is -2.19. The maximum Gasteiger partial charge on any atom is 0.119 e. The highest BCUT2D eigenvalue weighted by molar-refractivity contribution is 5.30. The van der Waals surface area contributed by atoms with Crippen LogP contribution in [0.25, 0.3) is 0 Å². The number of benzene rings is 1. The van der Waals surface area contributed by atoms with Gasteiger partial charge >= 0.3 is 0 Å². The zero-order valence-electron chi connectivity index (χ0n) is 8.72. The number of ether oxygens (including phenoxy) is 2. The highest BCUT2D eigenvalue weighted by Gasteiger charge is 2.04. The first-order valence-corrected chi connectivity index (χ1v) is 4.81. The zero-order chi connectivity index (χ0) is 11.1. The molecule has 0 spiro atoms. The summed E-state index contributed by atoms with van der Waals surface area (Å²) in [5.41, 5.74) is 0. The average Bonchev–Trinajstić information content (AvgIpc) is 2.25. The second-order valence-corrected chi connectivity index (χ2v) is 3.24. The molecule has 84 valence electrons. The van der Waals surface area contributed by atoms with Gasteiger partial charge < -0.3 is 19.7 Å². The maximum absolute atomic E-state index is 9.44. The van der Waals surface area contributed by atoms with Crippen molar-refractivity contribution >= 4 is 0 Å². The van der Waals surface area contributed by atoms with Crippen LogP contribution in [0.15, 0.2) is 24.3 Å². The van der Waals surface area contributed by atoms with Gasteiger partial charge in [-0.15, -0.1) is 0 Å². The fourth-order valence-electron chi connectivity index (χ4n) is 1.07. The molecule has 15 heavy (non-hydrogen) atoms. The van der Waals surface area contributed by atoms with Crippen LogP contribution in [0.3, 0.4) is 0 Å². The van der Waals surface area contributed by atoms with E-state index in [1.807, 2.05) is 0 Å². The third-order valence-electron chi connectivity index (χ3n) is 1.93. The van der Waals surface area contributed by atoms with Gasteiger partial charge in [0, 0.05) is 13.7 Å². The van der Waals surface area contributed by atoms with Gasteiger partial charge in [0.15, 0.2) is 0 Å². The first-order chi connectivity index (χ1) is 7.22. The summed E-state index contributed by atoms with van der Waals surface area (Å²) in [7, 11) is 1.59. The molecule has 0 aliphatic carbocycles. The molecule has 0 heterocycles. The summed E-state index contributed by atoms with van der Waals surface area (Å²) in [6, 6.07) is 6.38. The minimum Gasteiger partial charge on any atom is -0.508 e. The number of methoxy groups -OCH3 is 1. The standard InChI is InChI=1S/C11H16O4/c1-14-7-6-10(13)8-15-11-4-2-9(12)3-5-11/h2-5,10,12-13H,6-8H2,1H3. The van der Waals surface area contributed by atoms with E-state index in [1.54, 1.807) is 19.2 Å². The fraction of sp³-hybridized carbons (Fsp3) is 0.455. The Morgan fingerprint density at radius 1 is 1.27 bits per heavy atom. The molecule has 2 N–H and O–H groups in total. The number of rotatable bonds is 6. The fourth-order valence-corrected chi connectivity index (χ4v) is 1.07. The molecule has 0 saturated carbocycles. The van der Waals surface area contributed by atoms with E-state index in [4.69, 9.17) is 14.6 Å². The maximum atomic E-state index is 9.44. The molecule has 4 nitrogen and oxygen atoms in total. The van der Waals surface area contributed by atoms with Gasteiger partial charge in [-0.2, -0.15) is 0 Å². The van der Waals surface area contributed by atoms with E-state index < -0.39 is 6.10 Å². The van der Waals surface area contributed by atoms with Crippen LogP contribution in [0, 0.1) is 0 Å². The van der Waals surface area contributed by atoms with Crippen molar-refractivity contribution < 1.29 is 19.7 Å². The molecule has 0 aliphatic heterocycles. The summed E-state index contributed by atoms with van der Waals surface area (Å²) >= 11 is 0. The molecular weight excluding hydrogens is 196 g/mol. The van der Waals surface area contributed by atoms with Gasteiger partial charge in [0.25, 0.3) is 0 Å². The van der Waals surface area contributed by atoms with Gasteiger partial charge in [0.2, 0.25) is 0 Å². The number of aromatic hydroxyl groups is 1. The third-order valence-corrected chi connectivity index (χ3v) is 1.93. The van der Waals surface area contributed by atoms with Crippen LogP contribution in [0.5, 0.6) is 11.5 Å². The van der Waals surface area contributed by atoms with E-state index in [-0.39, 0.29) is 12.4 Å². The van der Waals surface area contributed by atoms with Crippen molar-refractivity contribution in [2.45, 2.75) is 12.5 Å². The number of hydrogen-bond acceptors (Lipinski definition) is 4. The first-order valence-electron chi connectivity index (χ1n) is 4.81. The third kappa shape index (κ3) is 4.67. The molecule has 0 bridgehead atoms. The predicted molar refractivity (Wildman–Crippen MR) is 56.1 cm³/mol. The topological polar surface area (TPSA) is 58.9 Å². The van der Waals surface area contributed by atoms with Crippen LogP contribution in [0.4, 0.5) is 0 Å². The molecule has 1 atom stereocenters. The highest BCUT2D eigenvalue weighted by atomic mass is 16.5. The van der Waals surface area contributed by atoms with E-state index in [2.05, 4.69) is 0 Å². The van der Waals surface area contributed by atoms with Crippen molar-refractivity contribution in [2.24, 2.45) is 0 Å². The van der Waals surface area contributed by atoms with Crippen LogP contribution < -0.4 is 4.74 Å². The van der Waals surface area contributed by atoms with Crippen LogP contribution in [-0.4, -0.2) is 36.6 Å². The van der Waals surface area contributed by atoms with E-state index in [0.717, 1.165) is 0 Å². The Balaban J connectivity index is 2.27. The average molecular weight is 212 g/mol. The second-order valence-electron chi connectivity index (χ2n) is 3.24. The molecule has 0 amide bonds. The SMILES string of the molecule is COCCC(O)COc1ccc(O)cc1. The molecule has 1 unspecified atom stereocenters.